The molecule has 2 bridgehead atoms. The van der Waals surface area contributed by atoms with Crippen LogP contribution in [0, 0.1) is 5.92 Å². The van der Waals surface area contributed by atoms with Crippen molar-refractivity contribution in [3.63, 3.8) is 0 Å². The second-order valence-corrected chi connectivity index (χ2v) is 11.5. The minimum Gasteiger partial charge on any atom is -0.444 e. The maximum Gasteiger partial charge on any atom is 0.494 e. The molecule has 1 unspecified atom stereocenters. The standard InChI is InChI=1S/C24H34BN3O4/c1-22(2,3)30-21(29)28-16-10-8-14(12-16)19(28)20-26-17-11-9-15(13-18(17)27-20)25-31-23(4,5)24(6,7)32-25/h9,11,13-14,16,19H,8,10,12H2,1-7H3,(H,26,27)/t14-,16+,19?/m0/s1. The molecule has 1 aromatic carbocycles. The van der Waals surface area contributed by atoms with Crippen LogP contribution in [0.1, 0.15) is 79.6 Å². The third-order valence-corrected chi connectivity index (χ3v) is 7.52. The zero-order chi connectivity index (χ0) is 23.1. The van der Waals surface area contributed by atoms with Crippen molar-refractivity contribution in [2.45, 2.75) is 96.6 Å². The number of hydrogen-bond donors (Lipinski definition) is 1. The molecule has 5 rings (SSSR count). The summed E-state index contributed by atoms with van der Waals surface area (Å²) < 4.78 is 18.2. The van der Waals surface area contributed by atoms with Gasteiger partial charge in [-0.2, -0.15) is 0 Å². The SMILES string of the molecule is CC(C)(C)OC(=O)N1C(c2nc3ccc(B4OC(C)(C)C(C)(C)O4)cc3[nH]2)[C@H]2CC[C@@H]1C2. The third kappa shape index (κ3) is 3.52. The molecule has 172 valence electrons. The first-order chi connectivity index (χ1) is 14.8. The molecule has 32 heavy (non-hydrogen) atoms. The lowest BCUT2D eigenvalue weighted by molar-refractivity contribution is 0.00578. The van der Waals surface area contributed by atoms with E-state index >= 15 is 0 Å². The number of hydrogen-bond acceptors (Lipinski definition) is 5. The molecule has 1 aliphatic carbocycles. The van der Waals surface area contributed by atoms with Crippen molar-refractivity contribution < 1.29 is 18.8 Å². The number of aromatic nitrogens is 2. The highest BCUT2D eigenvalue weighted by Gasteiger charge is 2.52. The van der Waals surface area contributed by atoms with Gasteiger partial charge in [-0.1, -0.05) is 6.07 Å². The average Bonchev–Trinajstić information content (AvgIpc) is 3.41. The summed E-state index contributed by atoms with van der Waals surface area (Å²) in [4.78, 5) is 23.3. The maximum absolute atomic E-state index is 13.0. The number of nitrogens with one attached hydrogen (secondary N) is 1. The molecule has 2 aromatic rings. The molecule has 1 aromatic heterocycles. The van der Waals surface area contributed by atoms with Gasteiger partial charge in [0, 0.05) is 6.04 Å². The second-order valence-electron chi connectivity index (χ2n) is 11.5. The van der Waals surface area contributed by atoms with Gasteiger partial charge in [-0.05, 0) is 91.2 Å². The quantitative estimate of drug-likeness (QED) is 0.706. The summed E-state index contributed by atoms with van der Waals surface area (Å²) in [5, 5.41) is 0. The number of fused-ring (bicyclic) bond motifs is 3. The zero-order valence-electron chi connectivity index (χ0n) is 20.2. The molecule has 0 radical (unpaired) electrons. The minimum atomic E-state index is -0.519. The molecule has 3 heterocycles. The number of piperidine rings is 1. The van der Waals surface area contributed by atoms with Gasteiger partial charge in [-0.15, -0.1) is 0 Å². The molecule has 2 aliphatic heterocycles. The van der Waals surface area contributed by atoms with Gasteiger partial charge in [0.15, 0.2) is 0 Å². The Morgan fingerprint density at radius 3 is 2.53 bits per heavy atom. The van der Waals surface area contributed by atoms with Crippen LogP contribution < -0.4 is 5.46 Å². The fourth-order valence-electron chi connectivity index (χ4n) is 5.23. The lowest BCUT2D eigenvalue weighted by atomic mass is 9.79. The van der Waals surface area contributed by atoms with Crippen molar-refractivity contribution in [1.82, 2.24) is 14.9 Å². The molecule has 3 aliphatic rings. The number of H-pyrrole nitrogens is 1. The van der Waals surface area contributed by atoms with E-state index in [2.05, 4.69) is 38.7 Å². The average molecular weight is 439 g/mol. The molecule has 7 nitrogen and oxygen atoms in total. The van der Waals surface area contributed by atoms with Crippen LogP contribution in [0.3, 0.4) is 0 Å². The molecular formula is C24H34BN3O4. The number of ether oxygens (including phenoxy) is 1. The molecule has 8 heteroatoms. The smallest absolute Gasteiger partial charge is 0.444 e. The summed E-state index contributed by atoms with van der Waals surface area (Å²) in [6.45, 7) is 14.0. The maximum atomic E-state index is 13.0. The molecule has 1 N–H and O–H groups in total. The van der Waals surface area contributed by atoms with E-state index < -0.39 is 12.7 Å². The van der Waals surface area contributed by atoms with Crippen LogP contribution in [-0.4, -0.2) is 50.9 Å². The van der Waals surface area contributed by atoms with Gasteiger partial charge in [0.2, 0.25) is 0 Å². The number of benzene rings is 1. The lowest BCUT2D eigenvalue weighted by Gasteiger charge is -2.35. The Morgan fingerprint density at radius 2 is 1.88 bits per heavy atom. The molecule has 1 saturated carbocycles. The number of carbonyl (C=O) groups is 1. The highest BCUT2D eigenvalue weighted by Crippen LogP contribution is 2.50. The van der Waals surface area contributed by atoms with Crippen LogP contribution >= 0.6 is 0 Å². The first-order valence-electron chi connectivity index (χ1n) is 11.7. The van der Waals surface area contributed by atoms with Gasteiger partial charge in [-0.25, -0.2) is 9.78 Å². The Bertz CT molecular complexity index is 1040. The summed E-state index contributed by atoms with van der Waals surface area (Å²) in [6.07, 6.45) is 2.92. The molecule has 0 spiro atoms. The van der Waals surface area contributed by atoms with Crippen molar-refractivity contribution in [3.05, 3.63) is 24.0 Å². The summed E-state index contributed by atoms with van der Waals surface area (Å²) in [5.41, 5.74) is 1.48. The van der Waals surface area contributed by atoms with Crippen LogP contribution in [0.15, 0.2) is 18.2 Å². The van der Waals surface area contributed by atoms with Crippen LogP contribution in [0.25, 0.3) is 11.0 Å². The molecular weight excluding hydrogens is 405 g/mol. The third-order valence-electron chi connectivity index (χ3n) is 7.52. The molecule has 1 amide bonds. The van der Waals surface area contributed by atoms with Crippen molar-refractivity contribution in [3.8, 4) is 0 Å². The van der Waals surface area contributed by atoms with Gasteiger partial charge in [0.1, 0.15) is 11.4 Å². The van der Waals surface area contributed by atoms with Crippen LogP contribution in [0.4, 0.5) is 4.79 Å². The molecule has 3 fully saturated rings. The van der Waals surface area contributed by atoms with Crippen LogP contribution in [0.5, 0.6) is 0 Å². The summed E-state index contributed by atoms with van der Waals surface area (Å²) in [7, 11) is -0.420. The van der Waals surface area contributed by atoms with E-state index in [1.165, 1.54) is 0 Å². The number of carbonyl (C=O) groups excluding carboxylic acids is 1. The van der Waals surface area contributed by atoms with Crippen molar-refractivity contribution in [2.75, 3.05) is 0 Å². The Hall–Kier alpha value is -2.06. The van der Waals surface area contributed by atoms with E-state index in [1.54, 1.807) is 0 Å². The monoisotopic (exact) mass is 439 g/mol. The number of aromatic amines is 1. The van der Waals surface area contributed by atoms with E-state index in [0.29, 0.717) is 5.92 Å². The van der Waals surface area contributed by atoms with Gasteiger partial charge < -0.3 is 19.0 Å². The highest BCUT2D eigenvalue weighted by molar-refractivity contribution is 6.62. The summed E-state index contributed by atoms with van der Waals surface area (Å²) in [5.74, 6) is 1.25. The summed E-state index contributed by atoms with van der Waals surface area (Å²) in [6, 6.07) is 6.23. The summed E-state index contributed by atoms with van der Waals surface area (Å²) >= 11 is 0. The van der Waals surface area contributed by atoms with Crippen molar-refractivity contribution in [2.24, 2.45) is 5.92 Å². The Kier molecular flexibility index (Phi) is 4.74. The minimum absolute atomic E-state index is 0.0729. The van der Waals surface area contributed by atoms with Crippen LogP contribution in [-0.2, 0) is 14.0 Å². The Morgan fingerprint density at radius 1 is 1.19 bits per heavy atom. The first kappa shape index (κ1) is 21.8. The van der Waals surface area contributed by atoms with Gasteiger partial charge in [-0.3, -0.25) is 4.90 Å². The largest absolute Gasteiger partial charge is 0.494 e. The first-order valence-corrected chi connectivity index (χ1v) is 11.7. The Labute approximate surface area is 190 Å². The number of amides is 1. The van der Waals surface area contributed by atoms with Crippen molar-refractivity contribution in [1.29, 1.82) is 0 Å². The van der Waals surface area contributed by atoms with E-state index in [1.807, 2.05) is 37.8 Å². The lowest BCUT2D eigenvalue weighted by Crippen LogP contribution is -2.43. The number of likely N-dealkylation sites (tertiary alicyclic amines) is 1. The van der Waals surface area contributed by atoms with E-state index in [9.17, 15) is 4.79 Å². The Balaban J connectivity index is 1.44. The molecule has 2 saturated heterocycles. The number of imidazole rings is 1. The van der Waals surface area contributed by atoms with Gasteiger partial charge in [0.25, 0.3) is 0 Å². The number of nitrogens with zero attached hydrogens (tertiary/aromatic N) is 2. The van der Waals surface area contributed by atoms with Gasteiger partial charge in [0.05, 0.1) is 28.3 Å². The van der Waals surface area contributed by atoms with Crippen LogP contribution in [0.2, 0.25) is 0 Å². The predicted molar refractivity (Wildman–Crippen MR) is 124 cm³/mol. The predicted octanol–water partition coefficient (Wildman–Crippen LogP) is 4.32. The van der Waals surface area contributed by atoms with Crippen molar-refractivity contribution >= 4 is 29.7 Å². The van der Waals surface area contributed by atoms with E-state index in [4.69, 9.17) is 19.0 Å². The fourth-order valence-corrected chi connectivity index (χ4v) is 5.23. The zero-order valence-corrected chi connectivity index (χ0v) is 20.2. The number of rotatable bonds is 2. The normalized spacial score (nSPS) is 28.7. The van der Waals surface area contributed by atoms with E-state index in [-0.39, 0.29) is 29.4 Å². The molecule has 3 atom stereocenters. The fraction of sp³-hybridized carbons (Fsp3) is 0.667. The highest BCUT2D eigenvalue weighted by atomic mass is 16.7. The van der Waals surface area contributed by atoms with E-state index in [0.717, 1.165) is 41.6 Å². The topological polar surface area (TPSA) is 76.7 Å². The van der Waals surface area contributed by atoms with Gasteiger partial charge >= 0.3 is 13.2 Å². The second kappa shape index (κ2) is 6.97.